The standard InChI is InChI=1S/C18H27NO4/c1-15(20)16-3-5-17(6-4-16)23-18-7-9-19(10-8-18)11-12-22-14-13-21-2/h3-6,18H,7-14H2,1-2H3. The van der Waals surface area contributed by atoms with Crippen LogP contribution in [-0.4, -0.2) is 63.4 Å². The number of ketones is 1. The lowest BCUT2D eigenvalue weighted by Gasteiger charge is -2.32. The summed E-state index contributed by atoms with van der Waals surface area (Å²) in [6, 6.07) is 7.41. The Bertz CT molecular complexity index is 466. The highest BCUT2D eigenvalue weighted by Crippen LogP contribution is 2.19. The van der Waals surface area contributed by atoms with Gasteiger partial charge in [-0.3, -0.25) is 4.79 Å². The second-order valence-corrected chi connectivity index (χ2v) is 5.84. The molecule has 5 heteroatoms. The number of hydrogen-bond acceptors (Lipinski definition) is 5. The van der Waals surface area contributed by atoms with E-state index in [1.54, 1.807) is 14.0 Å². The van der Waals surface area contributed by atoms with Gasteiger partial charge >= 0.3 is 0 Å². The summed E-state index contributed by atoms with van der Waals surface area (Å²) < 4.78 is 16.5. The predicted molar refractivity (Wildman–Crippen MR) is 89.2 cm³/mol. The molecule has 0 atom stereocenters. The molecule has 1 aromatic carbocycles. The van der Waals surface area contributed by atoms with Crippen molar-refractivity contribution < 1.29 is 19.0 Å². The van der Waals surface area contributed by atoms with Crippen LogP contribution < -0.4 is 4.74 Å². The summed E-state index contributed by atoms with van der Waals surface area (Å²) in [7, 11) is 1.68. The first-order valence-corrected chi connectivity index (χ1v) is 8.25. The van der Waals surface area contributed by atoms with Crippen LogP contribution in [0.2, 0.25) is 0 Å². The number of benzene rings is 1. The lowest BCUT2D eigenvalue weighted by Crippen LogP contribution is -2.39. The Balaban J connectivity index is 1.65. The molecular weight excluding hydrogens is 294 g/mol. The third-order valence-corrected chi connectivity index (χ3v) is 4.08. The summed E-state index contributed by atoms with van der Waals surface area (Å²) in [5.74, 6) is 0.925. The van der Waals surface area contributed by atoms with Crippen molar-refractivity contribution >= 4 is 5.78 Å². The molecular formula is C18H27NO4. The molecule has 0 saturated carbocycles. The molecule has 0 amide bonds. The van der Waals surface area contributed by atoms with Crippen molar-refractivity contribution in [3.05, 3.63) is 29.8 Å². The number of nitrogens with zero attached hydrogens (tertiary/aromatic N) is 1. The highest BCUT2D eigenvalue weighted by molar-refractivity contribution is 5.94. The van der Waals surface area contributed by atoms with Gasteiger partial charge in [0.15, 0.2) is 5.78 Å². The summed E-state index contributed by atoms with van der Waals surface area (Å²) in [6.45, 7) is 6.66. The Morgan fingerprint density at radius 1 is 1.13 bits per heavy atom. The largest absolute Gasteiger partial charge is 0.490 e. The highest BCUT2D eigenvalue weighted by atomic mass is 16.5. The number of carbonyl (C=O) groups excluding carboxylic acids is 1. The molecule has 23 heavy (non-hydrogen) atoms. The van der Waals surface area contributed by atoms with E-state index in [0.29, 0.717) is 13.2 Å². The number of hydrogen-bond donors (Lipinski definition) is 0. The minimum absolute atomic E-state index is 0.0811. The second-order valence-electron chi connectivity index (χ2n) is 5.84. The number of carbonyl (C=O) groups is 1. The van der Waals surface area contributed by atoms with E-state index < -0.39 is 0 Å². The summed E-state index contributed by atoms with van der Waals surface area (Å²) in [4.78, 5) is 13.7. The number of likely N-dealkylation sites (tertiary alicyclic amines) is 1. The van der Waals surface area contributed by atoms with Crippen molar-refractivity contribution in [3.8, 4) is 5.75 Å². The molecule has 1 aliphatic heterocycles. The molecule has 0 radical (unpaired) electrons. The average molecular weight is 321 g/mol. The number of Topliss-reactive ketones (excluding diaryl/α,β-unsaturated/α-hetero) is 1. The molecule has 1 aromatic rings. The summed E-state index contributed by atoms with van der Waals surface area (Å²) in [5, 5.41) is 0. The van der Waals surface area contributed by atoms with E-state index in [1.165, 1.54) is 0 Å². The first kappa shape index (κ1) is 17.9. The molecule has 128 valence electrons. The minimum atomic E-state index is 0.0811. The maximum absolute atomic E-state index is 11.3. The van der Waals surface area contributed by atoms with E-state index in [9.17, 15) is 4.79 Å². The van der Waals surface area contributed by atoms with Crippen molar-refractivity contribution in [2.75, 3.05) is 46.6 Å². The molecule has 1 fully saturated rings. The molecule has 0 unspecified atom stereocenters. The number of ether oxygens (including phenoxy) is 3. The lowest BCUT2D eigenvalue weighted by atomic mass is 10.1. The minimum Gasteiger partial charge on any atom is -0.490 e. The van der Waals surface area contributed by atoms with Crippen LogP contribution in [0.1, 0.15) is 30.1 Å². The number of piperidine rings is 1. The predicted octanol–water partition coefficient (Wildman–Crippen LogP) is 2.40. The van der Waals surface area contributed by atoms with Crippen LogP contribution in [0.25, 0.3) is 0 Å². The van der Waals surface area contributed by atoms with E-state index in [4.69, 9.17) is 14.2 Å². The molecule has 0 bridgehead atoms. The van der Waals surface area contributed by atoms with Crippen molar-refractivity contribution in [1.82, 2.24) is 4.90 Å². The third kappa shape index (κ3) is 6.29. The molecule has 1 aliphatic rings. The Kier molecular flexibility index (Phi) is 7.52. The van der Waals surface area contributed by atoms with Crippen LogP contribution in [0.15, 0.2) is 24.3 Å². The van der Waals surface area contributed by atoms with Gasteiger partial charge < -0.3 is 19.1 Å². The fourth-order valence-electron chi connectivity index (χ4n) is 2.65. The van der Waals surface area contributed by atoms with Crippen LogP contribution in [0.4, 0.5) is 0 Å². The van der Waals surface area contributed by atoms with Crippen LogP contribution in [-0.2, 0) is 9.47 Å². The zero-order valence-corrected chi connectivity index (χ0v) is 14.1. The van der Waals surface area contributed by atoms with Gasteiger partial charge in [-0.2, -0.15) is 0 Å². The molecule has 0 aliphatic carbocycles. The highest BCUT2D eigenvalue weighted by Gasteiger charge is 2.20. The second kappa shape index (κ2) is 9.65. The van der Waals surface area contributed by atoms with Crippen LogP contribution in [0.3, 0.4) is 0 Å². The fraction of sp³-hybridized carbons (Fsp3) is 0.611. The van der Waals surface area contributed by atoms with Crippen LogP contribution in [0.5, 0.6) is 5.75 Å². The van der Waals surface area contributed by atoms with Gasteiger partial charge in [0.1, 0.15) is 11.9 Å². The van der Waals surface area contributed by atoms with E-state index in [1.807, 2.05) is 24.3 Å². The van der Waals surface area contributed by atoms with Gasteiger partial charge in [0, 0.05) is 32.3 Å². The van der Waals surface area contributed by atoms with Crippen molar-refractivity contribution in [2.24, 2.45) is 0 Å². The average Bonchev–Trinajstić information content (AvgIpc) is 2.57. The molecule has 5 nitrogen and oxygen atoms in total. The van der Waals surface area contributed by atoms with Crippen molar-refractivity contribution in [1.29, 1.82) is 0 Å². The summed E-state index contributed by atoms with van der Waals surface area (Å²) in [5.41, 5.74) is 0.723. The van der Waals surface area contributed by atoms with E-state index in [2.05, 4.69) is 4.90 Å². The smallest absolute Gasteiger partial charge is 0.159 e. The molecule has 0 N–H and O–H groups in total. The monoisotopic (exact) mass is 321 g/mol. The van der Waals surface area contributed by atoms with Crippen LogP contribution in [0, 0.1) is 0 Å². The first-order valence-electron chi connectivity index (χ1n) is 8.25. The zero-order valence-electron chi connectivity index (χ0n) is 14.1. The zero-order chi connectivity index (χ0) is 16.5. The SMILES string of the molecule is COCCOCCN1CCC(Oc2ccc(C(C)=O)cc2)CC1. The molecule has 0 aromatic heterocycles. The van der Waals surface area contributed by atoms with Gasteiger partial charge in [0.25, 0.3) is 0 Å². The van der Waals surface area contributed by atoms with Gasteiger partial charge in [-0.15, -0.1) is 0 Å². The van der Waals surface area contributed by atoms with Gasteiger partial charge in [-0.1, -0.05) is 0 Å². The summed E-state index contributed by atoms with van der Waals surface area (Å²) in [6.07, 6.45) is 2.29. The quantitative estimate of drug-likeness (QED) is 0.516. The van der Waals surface area contributed by atoms with Crippen molar-refractivity contribution in [3.63, 3.8) is 0 Å². The van der Waals surface area contributed by atoms with Gasteiger partial charge in [0.2, 0.25) is 0 Å². The lowest BCUT2D eigenvalue weighted by molar-refractivity contribution is 0.0424. The molecule has 1 saturated heterocycles. The van der Waals surface area contributed by atoms with E-state index in [-0.39, 0.29) is 11.9 Å². The van der Waals surface area contributed by atoms with Gasteiger partial charge in [0.05, 0.1) is 19.8 Å². The van der Waals surface area contributed by atoms with Crippen molar-refractivity contribution in [2.45, 2.75) is 25.9 Å². The number of rotatable bonds is 9. The van der Waals surface area contributed by atoms with Gasteiger partial charge in [-0.05, 0) is 44.0 Å². The third-order valence-electron chi connectivity index (χ3n) is 4.08. The maximum Gasteiger partial charge on any atom is 0.159 e. The van der Waals surface area contributed by atoms with E-state index in [0.717, 1.165) is 50.4 Å². The number of methoxy groups -OCH3 is 1. The first-order chi connectivity index (χ1) is 11.2. The Labute approximate surface area is 138 Å². The Morgan fingerprint density at radius 2 is 1.83 bits per heavy atom. The summed E-state index contributed by atoms with van der Waals surface area (Å²) >= 11 is 0. The van der Waals surface area contributed by atoms with E-state index >= 15 is 0 Å². The fourth-order valence-corrected chi connectivity index (χ4v) is 2.65. The van der Waals surface area contributed by atoms with Crippen LogP contribution >= 0.6 is 0 Å². The normalized spacial score (nSPS) is 16.4. The molecule has 2 rings (SSSR count). The molecule has 1 heterocycles. The maximum atomic E-state index is 11.3. The van der Waals surface area contributed by atoms with Gasteiger partial charge in [-0.25, -0.2) is 0 Å². The molecule has 0 spiro atoms. The Morgan fingerprint density at radius 3 is 2.43 bits per heavy atom. The topological polar surface area (TPSA) is 48.0 Å². The Hall–Kier alpha value is -1.43.